The third-order valence-corrected chi connectivity index (χ3v) is 7.01. The summed E-state index contributed by atoms with van der Waals surface area (Å²) in [5.41, 5.74) is 6.04. The number of benzene rings is 1. The van der Waals surface area contributed by atoms with Crippen molar-refractivity contribution in [3.8, 4) is 0 Å². The quantitative estimate of drug-likeness (QED) is 0.546. The Morgan fingerprint density at radius 1 is 1.00 bits per heavy atom. The van der Waals surface area contributed by atoms with Crippen molar-refractivity contribution in [2.24, 2.45) is 0 Å². The first kappa shape index (κ1) is 19.3. The van der Waals surface area contributed by atoms with Crippen LogP contribution in [-0.2, 0) is 0 Å². The van der Waals surface area contributed by atoms with E-state index >= 15 is 0 Å². The molecular formula is C25H28N4S. The van der Waals surface area contributed by atoms with Gasteiger partial charge in [-0.1, -0.05) is 25.0 Å². The van der Waals surface area contributed by atoms with Crippen LogP contribution in [0.25, 0.3) is 0 Å². The van der Waals surface area contributed by atoms with Crippen LogP contribution in [0.1, 0.15) is 66.3 Å². The van der Waals surface area contributed by atoms with Gasteiger partial charge in [0.05, 0.1) is 11.7 Å². The number of hydrogen-bond donors (Lipinski definition) is 1. The van der Waals surface area contributed by atoms with Crippen LogP contribution in [0.5, 0.6) is 0 Å². The van der Waals surface area contributed by atoms with Gasteiger partial charge < -0.3 is 14.8 Å². The number of nitrogens with zero attached hydrogens (tertiary/aromatic N) is 3. The van der Waals surface area contributed by atoms with E-state index in [9.17, 15) is 0 Å². The van der Waals surface area contributed by atoms with E-state index in [1.54, 1.807) is 0 Å². The molecule has 2 fully saturated rings. The Labute approximate surface area is 183 Å². The first-order chi connectivity index (χ1) is 14.6. The highest BCUT2D eigenvalue weighted by Crippen LogP contribution is 2.43. The summed E-state index contributed by atoms with van der Waals surface area (Å²) < 4.78 is 2.50. The molecule has 0 spiro atoms. The summed E-state index contributed by atoms with van der Waals surface area (Å²) in [6.45, 7) is 4.32. The minimum atomic E-state index is 0.00959. The lowest BCUT2D eigenvalue weighted by molar-refractivity contribution is 0.461. The first-order valence-electron chi connectivity index (χ1n) is 10.9. The Kier molecular flexibility index (Phi) is 5.07. The molecule has 2 atom stereocenters. The highest BCUT2D eigenvalue weighted by molar-refractivity contribution is 7.80. The number of aryl methyl sites for hydroxylation is 2. The lowest BCUT2D eigenvalue weighted by Gasteiger charge is -2.30. The van der Waals surface area contributed by atoms with E-state index in [4.69, 9.17) is 12.2 Å². The Balaban J connectivity index is 1.63. The van der Waals surface area contributed by atoms with Gasteiger partial charge >= 0.3 is 0 Å². The van der Waals surface area contributed by atoms with Gasteiger partial charge in [0.2, 0.25) is 0 Å². The zero-order valence-electron chi connectivity index (χ0n) is 17.6. The Hall–Kier alpha value is -2.66. The molecular weight excluding hydrogens is 388 g/mol. The van der Waals surface area contributed by atoms with Crippen LogP contribution in [0.15, 0.2) is 60.9 Å². The minimum Gasteiger partial charge on any atom is -0.351 e. The van der Waals surface area contributed by atoms with Gasteiger partial charge in [-0.3, -0.25) is 4.98 Å². The van der Waals surface area contributed by atoms with E-state index in [0.29, 0.717) is 6.04 Å². The fraction of sp³-hybridized carbons (Fsp3) is 0.360. The number of thiocarbonyl (C=S) groups is 1. The standard InChI is InChI=1S/C25H28N4S/c1-17-12-13-20(16-18(17)2)29-24(22-11-7-15-28(22)19-8-3-4-9-19)23(27-25(29)30)21-10-5-6-14-26-21/h5-7,10-16,19,23-24H,3-4,8-9H2,1-2H3,(H,27,30)/t23-,24+/m1/s1. The van der Waals surface area contributed by atoms with Crippen LogP contribution in [-0.4, -0.2) is 14.7 Å². The molecule has 5 rings (SSSR count). The van der Waals surface area contributed by atoms with Crippen molar-refractivity contribution in [2.45, 2.75) is 57.7 Å². The van der Waals surface area contributed by atoms with E-state index < -0.39 is 0 Å². The lowest BCUT2D eigenvalue weighted by atomic mass is 9.99. The average molecular weight is 417 g/mol. The van der Waals surface area contributed by atoms with Gasteiger partial charge in [0.25, 0.3) is 0 Å². The lowest BCUT2D eigenvalue weighted by Crippen LogP contribution is -2.30. The monoisotopic (exact) mass is 416 g/mol. The third-order valence-electron chi connectivity index (χ3n) is 6.70. The van der Waals surface area contributed by atoms with E-state index in [1.165, 1.54) is 42.5 Å². The highest BCUT2D eigenvalue weighted by Gasteiger charge is 2.42. The Morgan fingerprint density at radius 3 is 2.57 bits per heavy atom. The van der Waals surface area contributed by atoms with E-state index in [0.717, 1.165) is 16.5 Å². The van der Waals surface area contributed by atoms with Crippen LogP contribution in [0.2, 0.25) is 0 Å². The zero-order chi connectivity index (χ0) is 20.7. The van der Waals surface area contributed by atoms with Gasteiger partial charge in [-0.15, -0.1) is 0 Å². The Morgan fingerprint density at radius 2 is 1.83 bits per heavy atom. The summed E-state index contributed by atoms with van der Waals surface area (Å²) in [5.74, 6) is 0. The summed E-state index contributed by atoms with van der Waals surface area (Å²) in [4.78, 5) is 6.98. The molecule has 1 saturated carbocycles. The zero-order valence-corrected chi connectivity index (χ0v) is 18.4. The molecule has 2 aromatic heterocycles. The van der Waals surface area contributed by atoms with Crippen molar-refractivity contribution >= 4 is 23.0 Å². The van der Waals surface area contributed by atoms with Gasteiger partial charge in [0, 0.05) is 29.8 Å². The highest BCUT2D eigenvalue weighted by atomic mass is 32.1. The minimum absolute atomic E-state index is 0.00959. The predicted octanol–water partition coefficient (Wildman–Crippen LogP) is 5.79. The fourth-order valence-electron chi connectivity index (χ4n) is 4.98. The molecule has 3 aromatic rings. The summed E-state index contributed by atoms with van der Waals surface area (Å²) in [7, 11) is 0. The molecule has 0 unspecified atom stereocenters. The largest absolute Gasteiger partial charge is 0.351 e. The smallest absolute Gasteiger partial charge is 0.174 e. The molecule has 5 heteroatoms. The van der Waals surface area contributed by atoms with Crippen LogP contribution < -0.4 is 10.2 Å². The molecule has 1 aliphatic heterocycles. The molecule has 1 saturated heterocycles. The third kappa shape index (κ3) is 3.31. The molecule has 30 heavy (non-hydrogen) atoms. The van der Waals surface area contributed by atoms with Crippen LogP contribution in [0.4, 0.5) is 5.69 Å². The van der Waals surface area contributed by atoms with Crippen LogP contribution in [0.3, 0.4) is 0 Å². The summed E-state index contributed by atoms with van der Waals surface area (Å²) in [6, 6.07) is 17.8. The van der Waals surface area contributed by atoms with Crippen molar-refractivity contribution < 1.29 is 0 Å². The van der Waals surface area contributed by atoms with E-state index in [1.807, 2.05) is 12.3 Å². The van der Waals surface area contributed by atoms with Crippen molar-refractivity contribution in [1.29, 1.82) is 0 Å². The van der Waals surface area contributed by atoms with Crippen molar-refractivity contribution in [3.05, 3.63) is 83.4 Å². The number of anilines is 1. The maximum atomic E-state index is 5.88. The second kappa shape index (κ2) is 7.88. The molecule has 1 aromatic carbocycles. The fourth-order valence-corrected chi connectivity index (χ4v) is 5.33. The van der Waals surface area contributed by atoms with E-state index in [-0.39, 0.29) is 12.1 Å². The molecule has 1 aliphatic carbocycles. The van der Waals surface area contributed by atoms with Gasteiger partial charge in [0.15, 0.2) is 5.11 Å². The van der Waals surface area contributed by atoms with Crippen molar-refractivity contribution in [3.63, 3.8) is 0 Å². The molecule has 4 nitrogen and oxygen atoms in total. The average Bonchev–Trinajstić information content (AvgIpc) is 3.49. The first-order valence-corrected chi connectivity index (χ1v) is 11.3. The molecule has 3 heterocycles. The van der Waals surface area contributed by atoms with E-state index in [2.05, 4.69) is 82.3 Å². The summed E-state index contributed by atoms with van der Waals surface area (Å²) in [6.07, 6.45) is 9.25. The van der Waals surface area contributed by atoms with Crippen molar-refractivity contribution in [2.75, 3.05) is 4.90 Å². The second-order valence-electron chi connectivity index (χ2n) is 8.54. The maximum absolute atomic E-state index is 5.88. The van der Waals surface area contributed by atoms with Gasteiger partial charge in [-0.2, -0.15) is 0 Å². The maximum Gasteiger partial charge on any atom is 0.174 e. The van der Waals surface area contributed by atoms with Gasteiger partial charge in [-0.05, 0) is 86.4 Å². The normalized spacial score (nSPS) is 21.9. The van der Waals surface area contributed by atoms with Crippen molar-refractivity contribution in [1.82, 2.24) is 14.9 Å². The SMILES string of the molecule is Cc1ccc(N2C(=S)N[C@H](c3ccccn3)[C@@H]2c2cccn2C2CCCC2)cc1C. The summed E-state index contributed by atoms with van der Waals surface area (Å²) in [5, 5.41) is 4.35. The number of pyridine rings is 1. The second-order valence-corrected chi connectivity index (χ2v) is 8.93. The number of nitrogens with one attached hydrogen (secondary N) is 1. The molecule has 0 amide bonds. The number of rotatable bonds is 4. The topological polar surface area (TPSA) is 33.1 Å². The number of hydrogen-bond acceptors (Lipinski definition) is 2. The summed E-state index contributed by atoms with van der Waals surface area (Å²) >= 11 is 5.88. The molecule has 0 bridgehead atoms. The van der Waals surface area contributed by atoms with Crippen LogP contribution >= 0.6 is 12.2 Å². The van der Waals surface area contributed by atoms with Gasteiger partial charge in [0.1, 0.15) is 6.04 Å². The predicted molar refractivity (Wildman–Crippen MR) is 126 cm³/mol. The molecule has 154 valence electrons. The van der Waals surface area contributed by atoms with Gasteiger partial charge in [-0.25, -0.2) is 0 Å². The number of aromatic nitrogens is 2. The molecule has 1 N–H and O–H groups in total. The Bertz CT molecular complexity index is 1050. The van der Waals surface area contributed by atoms with Crippen LogP contribution in [0, 0.1) is 13.8 Å². The molecule has 0 radical (unpaired) electrons. The molecule has 2 aliphatic rings.